The Morgan fingerprint density at radius 3 is 2.17 bits per heavy atom. The van der Waals surface area contributed by atoms with Crippen molar-refractivity contribution in [2.75, 3.05) is 6.26 Å². The van der Waals surface area contributed by atoms with Crippen LogP contribution in [0.25, 0.3) is 0 Å². The minimum atomic E-state index is -3.48. The van der Waals surface area contributed by atoms with E-state index in [2.05, 4.69) is 26.8 Å². The molecule has 2 aromatic carbocycles. The smallest absolute Gasteiger partial charge is 0.267 e. The number of amides is 2. The van der Waals surface area contributed by atoms with Crippen molar-refractivity contribution in [2.24, 2.45) is 0 Å². The van der Waals surface area contributed by atoms with Crippen molar-refractivity contribution in [2.45, 2.75) is 4.90 Å². The molecule has 0 radical (unpaired) electrons. The van der Waals surface area contributed by atoms with Gasteiger partial charge in [0.2, 0.25) is 0 Å². The molecule has 2 amide bonds. The van der Waals surface area contributed by atoms with Gasteiger partial charge in [0.25, 0.3) is 11.8 Å². The average molecular weight is 432 g/mol. The van der Waals surface area contributed by atoms with Crippen LogP contribution in [0.4, 0.5) is 0 Å². The molecule has 6 nitrogen and oxygen atoms in total. The molecule has 0 bridgehead atoms. The minimum absolute atomic E-state index is 0.0451. The lowest BCUT2D eigenvalue weighted by molar-refractivity contribution is 0.0846. The SMILES string of the molecule is CS(=O)(=O)c1ccc(Cl)c(C(=O)NNC(=O)c2ccc(Br)cc2)c1. The van der Waals surface area contributed by atoms with E-state index in [9.17, 15) is 18.0 Å². The first-order chi connectivity index (χ1) is 11.2. The summed E-state index contributed by atoms with van der Waals surface area (Å²) >= 11 is 9.17. The van der Waals surface area contributed by atoms with Gasteiger partial charge in [0, 0.05) is 16.3 Å². The molecule has 0 fully saturated rings. The van der Waals surface area contributed by atoms with E-state index in [1.807, 2.05) is 0 Å². The van der Waals surface area contributed by atoms with Crippen LogP contribution < -0.4 is 10.9 Å². The van der Waals surface area contributed by atoms with Gasteiger partial charge in [0.05, 0.1) is 15.5 Å². The Balaban J connectivity index is 2.12. The van der Waals surface area contributed by atoms with Crippen LogP contribution >= 0.6 is 27.5 Å². The molecular weight excluding hydrogens is 420 g/mol. The molecule has 126 valence electrons. The molecule has 0 aromatic heterocycles. The standard InChI is InChI=1S/C15H12BrClN2O4S/c1-24(22,23)11-6-7-13(17)12(8-11)15(21)19-18-14(20)9-2-4-10(16)5-3-9/h2-8H,1H3,(H,18,20)(H,19,21). The van der Waals surface area contributed by atoms with Crippen molar-refractivity contribution in [3.05, 3.63) is 63.1 Å². The summed E-state index contributed by atoms with van der Waals surface area (Å²) in [6, 6.07) is 10.3. The summed E-state index contributed by atoms with van der Waals surface area (Å²) in [5.41, 5.74) is 4.72. The Morgan fingerprint density at radius 1 is 1.00 bits per heavy atom. The van der Waals surface area contributed by atoms with Crippen LogP contribution in [0.1, 0.15) is 20.7 Å². The maximum Gasteiger partial charge on any atom is 0.271 e. The lowest BCUT2D eigenvalue weighted by atomic mass is 10.2. The first-order valence-electron chi connectivity index (χ1n) is 6.54. The van der Waals surface area contributed by atoms with Crippen LogP contribution in [0.2, 0.25) is 5.02 Å². The highest BCUT2D eigenvalue weighted by molar-refractivity contribution is 9.10. The highest BCUT2D eigenvalue weighted by Gasteiger charge is 2.16. The van der Waals surface area contributed by atoms with Crippen molar-refractivity contribution in [1.29, 1.82) is 0 Å². The van der Waals surface area contributed by atoms with Gasteiger partial charge in [-0.1, -0.05) is 27.5 Å². The molecule has 2 rings (SSSR count). The molecule has 0 aliphatic heterocycles. The van der Waals surface area contributed by atoms with Crippen LogP contribution in [0.15, 0.2) is 51.8 Å². The van der Waals surface area contributed by atoms with Crippen LogP contribution in [-0.4, -0.2) is 26.5 Å². The fourth-order valence-electron chi connectivity index (χ4n) is 1.76. The van der Waals surface area contributed by atoms with E-state index in [0.717, 1.165) is 16.8 Å². The predicted octanol–water partition coefficient (Wildman–Crippen LogP) is 2.58. The normalized spacial score (nSPS) is 11.0. The van der Waals surface area contributed by atoms with E-state index in [1.54, 1.807) is 24.3 Å². The maximum atomic E-state index is 12.1. The van der Waals surface area contributed by atoms with E-state index in [1.165, 1.54) is 12.1 Å². The first-order valence-corrected chi connectivity index (χ1v) is 9.60. The van der Waals surface area contributed by atoms with Crippen LogP contribution in [0.5, 0.6) is 0 Å². The van der Waals surface area contributed by atoms with E-state index in [-0.39, 0.29) is 15.5 Å². The number of halogens is 2. The topological polar surface area (TPSA) is 92.3 Å². The van der Waals surface area contributed by atoms with Gasteiger partial charge in [-0.15, -0.1) is 0 Å². The van der Waals surface area contributed by atoms with Crippen LogP contribution in [0.3, 0.4) is 0 Å². The van der Waals surface area contributed by atoms with Gasteiger partial charge in [0.15, 0.2) is 9.84 Å². The van der Waals surface area contributed by atoms with Gasteiger partial charge in [-0.2, -0.15) is 0 Å². The van der Waals surface area contributed by atoms with Crippen LogP contribution in [0, 0.1) is 0 Å². The molecule has 2 N–H and O–H groups in total. The molecule has 24 heavy (non-hydrogen) atoms. The quantitative estimate of drug-likeness (QED) is 0.731. The van der Waals surface area contributed by atoms with Gasteiger partial charge in [-0.25, -0.2) is 8.42 Å². The summed E-state index contributed by atoms with van der Waals surface area (Å²) in [5, 5.41) is 0.0674. The molecule has 0 aliphatic carbocycles. The number of hydrogen-bond acceptors (Lipinski definition) is 4. The molecule has 0 heterocycles. The van der Waals surface area contributed by atoms with E-state index >= 15 is 0 Å². The highest BCUT2D eigenvalue weighted by atomic mass is 79.9. The maximum absolute atomic E-state index is 12.1. The first kappa shape index (κ1) is 18.4. The average Bonchev–Trinajstić information content (AvgIpc) is 2.52. The Morgan fingerprint density at radius 2 is 1.58 bits per heavy atom. The lowest BCUT2D eigenvalue weighted by Gasteiger charge is -2.09. The summed E-state index contributed by atoms with van der Waals surface area (Å²) < 4.78 is 23.9. The summed E-state index contributed by atoms with van der Waals surface area (Å²) in [7, 11) is -3.48. The number of nitrogens with one attached hydrogen (secondary N) is 2. The highest BCUT2D eigenvalue weighted by Crippen LogP contribution is 2.20. The molecule has 0 saturated carbocycles. The van der Waals surface area contributed by atoms with Crippen LogP contribution in [-0.2, 0) is 9.84 Å². The van der Waals surface area contributed by atoms with Crippen molar-refractivity contribution in [3.63, 3.8) is 0 Å². The molecule has 0 saturated heterocycles. The summed E-state index contributed by atoms with van der Waals surface area (Å²) in [5.74, 6) is -1.25. The third kappa shape index (κ3) is 4.56. The second-order valence-electron chi connectivity index (χ2n) is 4.83. The third-order valence-corrected chi connectivity index (χ3v) is 4.98. The molecule has 2 aromatic rings. The second kappa shape index (κ2) is 7.33. The van der Waals surface area contributed by atoms with Gasteiger partial charge in [0.1, 0.15) is 0 Å². The summed E-state index contributed by atoms with van der Waals surface area (Å²) in [6.07, 6.45) is 1.02. The summed E-state index contributed by atoms with van der Waals surface area (Å²) in [6.45, 7) is 0. The Labute approximate surface area is 152 Å². The van der Waals surface area contributed by atoms with Gasteiger partial charge < -0.3 is 0 Å². The monoisotopic (exact) mass is 430 g/mol. The molecule has 9 heteroatoms. The summed E-state index contributed by atoms with van der Waals surface area (Å²) in [4.78, 5) is 24.0. The predicted molar refractivity (Wildman–Crippen MR) is 93.6 cm³/mol. The number of hydrogen-bond donors (Lipinski definition) is 2. The molecule has 0 spiro atoms. The van der Waals surface area contributed by atoms with Crippen molar-refractivity contribution >= 4 is 49.2 Å². The van der Waals surface area contributed by atoms with Gasteiger partial charge >= 0.3 is 0 Å². The second-order valence-corrected chi connectivity index (χ2v) is 8.17. The van der Waals surface area contributed by atoms with E-state index < -0.39 is 21.7 Å². The third-order valence-electron chi connectivity index (χ3n) is 3.01. The van der Waals surface area contributed by atoms with Crippen molar-refractivity contribution < 1.29 is 18.0 Å². The number of rotatable bonds is 3. The van der Waals surface area contributed by atoms with Gasteiger partial charge in [-0.3, -0.25) is 20.4 Å². The zero-order valence-electron chi connectivity index (χ0n) is 12.3. The molecule has 0 unspecified atom stereocenters. The largest absolute Gasteiger partial charge is 0.271 e. The Hall–Kier alpha value is -1.90. The zero-order chi connectivity index (χ0) is 17.9. The number of sulfone groups is 1. The Kier molecular flexibility index (Phi) is 5.63. The Bertz CT molecular complexity index is 898. The fourth-order valence-corrected chi connectivity index (χ4v) is 2.88. The molecule has 0 atom stereocenters. The molecular formula is C15H12BrClN2O4S. The fraction of sp³-hybridized carbons (Fsp3) is 0.0667. The van der Waals surface area contributed by atoms with Gasteiger partial charge in [-0.05, 0) is 42.5 Å². The number of carbonyl (C=O) groups excluding carboxylic acids is 2. The minimum Gasteiger partial charge on any atom is -0.267 e. The molecule has 0 aliphatic rings. The number of carbonyl (C=O) groups is 2. The van der Waals surface area contributed by atoms with E-state index in [4.69, 9.17) is 11.6 Å². The number of hydrazine groups is 1. The lowest BCUT2D eigenvalue weighted by Crippen LogP contribution is -2.41. The van der Waals surface area contributed by atoms with Crippen molar-refractivity contribution in [1.82, 2.24) is 10.9 Å². The van der Waals surface area contributed by atoms with Crippen molar-refractivity contribution in [3.8, 4) is 0 Å². The zero-order valence-corrected chi connectivity index (χ0v) is 15.5. The number of benzene rings is 2. The van der Waals surface area contributed by atoms with E-state index in [0.29, 0.717) is 5.56 Å².